The second kappa shape index (κ2) is 8.71. The van der Waals surface area contributed by atoms with Crippen LogP contribution in [0, 0.1) is 0 Å². The molecule has 112 valence electrons. The van der Waals surface area contributed by atoms with Crippen molar-refractivity contribution in [2.45, 2.75) is 19.4 Å². The van der Waals surface area contributed by atoms with Crippen LogP contribution < -0.4 is 0 Å². The predicted octanol–water partition coefficient (Wildman–Crippen LogP) is 1.59. The molecule has 0 aromatic carbocycles. The van der Waals surface area contributed by atoms with Crippen LogP contribution >= 0.6 is 11.3 Å². The number of carbonyl (C=O) groups is 2. The molecule has 0 aliphatic heterocycles. The van der Waals surface area contributed by atoms with Crippen LogP contribution in [0.5, 0.6) is 0 Å². The van der Waals surface area contributed by atoms with Crippen LogP contribution in [0.4, 0.5) is 0 Å². The van der Waals surface area contributed by atoms with E-state index in [0.29, 0.717) is 32.5 Å². The van der Waals surface area contributed by atoms with E-state index in [-0.39, 0.29) is 11.9 Å². The van der Waals surface area contributed by atoms with E-state index >= 15 is 0 Å². The van der Waals surface area contributed by atoms with E-state index in [1.807, 2.05) is 35.8 Å². The normalized spacial score (nSPS) is 10.6. The number of carbonyl (C=O) groups excluding carboxylic acids is 2. The predicted molar refractivity (Wildman–Crippen MR) is 79.5 cm³/mol. The first-order valence-electron chi connectivity index (χ1n) is 6.53. The Morgan fingerprint density at radius 1 is 1.35 bits per heavy atom. The van der Waals surface area contributed by atoms with Crippen LogP contribution in [0.25, 0.3) is 0 Å². The number of hydrogen-bond donors (Lipinski definition) is 0. The third kappa shape index (κ3) is 6.16. The highest BCUT2D eigenvalue weighted by atomic mass is 32.1. The quantitative estimate of drug-likeness (QED) is 0.684. The average Bonchev–Trinajstić information content (AvgIpc) is 2.91. The zero-order valence-corrected chi connectivity index (χ0v) is 13.1. The summed E-state index contributed by atoms with van der Waals surface area (Å²) >= 11 is 1.63. The molecule has 0 aliphatic rings. The van der Waals surface area contributed by atoms with Crippen LogP contribution in [0.3, 0.4) is 0 Å². The summed E-state index contributed by atoms with van der Waals surface area (Å²) < 4.78 is 4.58. The molecule has 1 aromatic heterocycles. The molecule has 0 radical (unpaired) electrons. The van der Waals surface area contributed by atoms with Gasteiger partial charge in [0.05, 0.1) is 13.7 Å². The van der Waals surface area contributed by atoms with Crippen LogP contribution in [0.15, 0.2) is 16.8 Å². The van der Waals surface area contributed by atoms with Gasteiger partial charge >= 0.3 is 5.97 Å². The van der Waals surface area contributed by atoms with E-state index in [1.54, 1.807) is 16.2 Å². The SMILES string of the molecule is COC(=O)CCCN(C)CC(=O)N(C)Cc1ccsc1. The van der Waals surface area contributed by atoms with Gasteiger partial charge in [0.2, 0.25) is 5.91 Å². The van der Waals surface area contributed by atoms with E-state index in [1.165, 1.54) is 7.11 Å². The van der Waals surface area contributed by atoms with E-state index in [4.69, 9.17) is 0 Å². The van der Waals surface area contributed by atoms with Gasteiger partial charge in [-0.15, -0.1) is 0 Å². The van der Waals surface area contributed by atoms with Crippen molar-refractivity contribution in [3.63, 3.8) is 0 Å². The fraction of sp³-hybridized carbons (Fsp3) is 0.571. The topological polar surface area (TPSA) is 49.9 Å². The van der Waals surface area contributed by atoms with Gasteiger partial charge in [-0.3, -0.25) is 14.5 Å². The second-order valence-electron chi connectivity index (χ2n) is 4.80. The van der Waals surface area contributed by atoms with Gasteiger partial charge in [-0.25, -0.2) is 0 Å². The monoisotopic (exact) mass is 298 g/mol. The van der Waals surface area contributed by atoms with Crippen molar-refractivity contribution in [2.24, 2.45) is 0 Å². The first-order chi connectivity index (χ1) is 9.52. The highest BCUT2D eigenvalue weighted by molar-refractivity contribution is 7.07. The number of thiophene rings is 1. The van der Waals surface area contributed by atoms with Crippen molar-refractivity contribution in [1.29, 1.82) is 0 Å². The van der Waals surface area contributed by atoms with E-state index in [9.17, 15) is 9.59 Å². The minimum absolute atomic E-state index is 0.0803. The molecule has 0 saturated carbocycles. The van der Waals surface area contributed by atoms with Crippen LogP contribution in [-0.2, 0) is 20.9 Å². The molecule has 0 aliphatic carbocycles. The summed E-state index contributed by atoms with van der Waals surface area (Å²) in [6, 6.07) is 2.02. The van der Waals surface area contributed by atoms with Crippen LogP contribution in [0.1, 0.15) is 18.4 Å². The van der Waals surface area contributed by atoms with Crippen molar-refractivity contribution < 1.29 is 14.3 Å². The van der Waals surface area contributed by atoms with Gasteiger partial charge in [0.25, 0.3) is 0 Å². The Hall–Kier alpha value is -1.40. The summed E-state index contributed by atoms with van der Waals surface area (Å²) in [5.74, 6) is -0.129. The fourth-order valence-electron chi connectivity index (χ4n) is 1.77. The summed E-state index contributed by atoms with van der Waals surface area (Å²) in [5, 5.41) is 4.05. The van der Waals surface area contributed by atoms with Gasteiger partial charge in [-0.2, -0.15) is 11.3 Å². The third-order valence-electron chi connectivity index (χ3n) is 2.98. The smallest absolute Gasteiger partial charge is 0.305 e. The average molecular weight is 298 g/mol. The second-order valence-corrected chi connectivity index (χ2v) is 5.58. The summed E-state index contributed by atoms with van der Waals surface area (Å²) in [5.41, 5.74) is 1.15. The molecule has 0 bridgehead atoms. The zero-order chi connectivity index (χ0) is 15.0. The molecule has 0 atom stereocenters. The van der Waals surface area contributed by atoms with Gasteiger partial charge in [-0.1, -0.05) is 0 Å². The molecule has 5 nitrogen and oxygen atoms in total. The molecule has 1 heterocycles. The number of ether oxygens (including phenoxy) is 1. The lowest BCUT2D eigenvalue weighted by molar-refractivity contribution is -0.140. The fourth-order valence-corrected chi connectivity index (χ4v) is 2.43. The van der Waals surface area contributed by atoms with Crippen LogP contribution in [-0.4, -0.2) is 56.0 Å². The number of methoxy groups -OCH3 is 1. The summed E-state index contributed by atoms with van der Waals surface area (Å²) in [6.45, 7) is 1.70. The minimum atomic E-state index is -0.209. The molecule has 0 N–H and O–H groups in total. The molecular weight excluding hydrogens is 276 g/mol. The number of hydrogen-bond acceptors (Lipinski definition) is 5. The Morgan fingerprint density at radius 3 is 2.70 bits per heavy atom. The molecule has 1 amide bonds. The van der Waals surface area contributed by atoms with Gasteiger partial charge in [-0.05, 0) is 42.4 Å². The molecule has 1 rings (SSSR count). The minimum Gasteiger partial charge on any atom is -0.469 e. The Bertz CT molecular complexity index is 420. The molecule has 0 fully saturated rings. The lowest BCUT2D eigenvalue weighted by Gasteiger charge is -2.21. The Balaban J connectivity index is 2.24. The van der Waals surface area contributed by atoms with Crippen molar-refractivity contribution in [2.75, 3.05) is 34.3 Å². The van der Waals surface area contributed by atoms with Gasteiger partial charge in [0.1, 0.15) is 0 Å². The lowest BCUT2D eigenvalue weighted by atomic mass is 10.3. The van der Waals surface area contributed by atoms with E-state index in [2.05, 4.69) is 4.74 Å². The van der Waals surface area contributed by atoms with E-state index in [0.717, 1.165) is 5.56 Å². The first kappa shape index (κ1) is 16.7. The number of esters is 1. The van der Waals surface area contributed by atoms with Gasteiger partial charge < -0.3 is 9.64 Å². The maximum absolute atomic E-state index is 12.0. The summed E-state index contributed by atoms with van der Waals surface area (Å²) in [4.78, 5) is 26.7. The van der Waals surface area contributed by atoms with Gasteiger partial charge in [0.15, 0.2) is 0 Å². The standard InChI is InChI=1S/C14H22N2O3S/c1-15(7-4-5-14(18)19-3)10-13(17)16(2)9-12-6-8-20-11-12/h6,8,11H,4-5,7,9-10H2,1-3H3. The van der Waals surface area contributed by atoms with Crippen molar-refractivity contribution >= 4 is 23.2 Å². The molecule has 0 spiro atoms. The molecule has 1 aromatic rings. The van der Waals surface area contributed by atoms with Crippen molar-refractivity contribution in [3.8, 4) is 0 Å². The molecule has 20 heavy (non-hydrogen) atoms. The highest BCUT2D eigenvalue weighted by Gasteiger charge is 2.12. The van der Waals surface area contributed by atoms with Crippen molar-refractivity contribution in [3.05, 3.63) is 22.4 Å². The molecule has 0 saturated heterocycles. The maximum Gasteiger partial charge on any atom is 0.305 e. The van der Waals surface area contributed by atoms with Crippen LogP contribution in [0.2, 0.25) is 0 Å². The number of amides is 1. The Kier molecular flexibility index (Phi) is 7.25. The zero-order valence-electron chi connectivity index (χ0n) is 12.3. The Morgan fingerprint density at radius 2 is 2.10 bits per heavy atom. The Labute approximate surface area is 124 Å². The largest absolute Gasteiger partial charge is 0.469 e. The molecular formula is C14H22N2O3S. The summed E-state index contributed by atoms with van der Waals surface area (Å²) in [7, 11) is 5.07. The highest BCUT2D eigenvalue weighted by Crippen LogP contribution is 2.08. The number of rotatable bonds is 8. The van der Waals surface area contributed by atoms with E-state index < -0.39 is 0 Å². The summed E-state index contributed by atoms with van der Waals surface area (Å²) in [6.07, 6.45) is 1.09. The maximum atomic E-state index is 12.0. The molecule has 0 unspecified atom stereocenters. The number of nitrogens with zero attached hydrogens (tertiary/aromatic N) is 2. The third-order valence-corrected chi connectivity index (χ3v) is 3.71. The number of likely N-dealkylation sites (N-methyl/N-ethyl adjacent to an activating group) is 2. The van der Waals surface area contributed by atoms with Crippen molar-refractivity contribution in [1.82, 2.24) is 9.80 Å². The lowest BCUT2D eigenvalue weighted by Crippen LogP contribution is -2.36. The molecule has 6 heteroatoms. The van der Waals surface area contributed by atoms with Gasteiger partial charge in [0, 0.05) is 20.0 Å². The first-order valence-corrected chi connectivity index (χ1v) is 7.47.